The molecule has 15 heavy (non-hydrogen) atoms. The van der Waals surface area contributed by atoms with Crippen LogP contribution in [0, 0.1) is 0 Å². The number of aromatic amines is 1. The molecule has 0 aliphatic carbocycles. The number of H-pyrrole nitrogens is 1. The number of rotatable bonds is 3. The molecule has 0 saturated carbocycles. The van der Waals surface area contributed by atoms with Crippen molar-refractivity contribution in [3.05, 3.63) is 42.1 Å². The normalized spacial score (nSPS) is 10.9. The first-order chi connectivity index (χ1) is 7.25. The van der Waals surface area contributed by atoms with E-state index in [2.05, 4.69) is 53.5 Å². The number of nitrogens with one attached hydrogen (secondary N) is 1. The minimum Gasteiger partial charge on any atom is -0.305 e. The van der Waals surface area contributed by atoms with Crippen LogP contribution >= 0.6 is 0 Å². The van der Waals surface area contributed by atoms with Crippen molar-refractivity contribution < 1.29 is 0 Å². The number of aromatic nitrogens is 2. The van der Waals surface area contributed by atoms with Gasteiger partial charge in [0.25, 0.3) is 0 Å². The zero-order valence-electron chi connectivity index (χ0n) is 9.07. The highest BCUT2D eigenvalue weighted by atomic mass is 15.1. The molecule has 2 rings (SSSR count). The second-order valence-corrected chi connectivity index (χ2v) is 3.91. The number of hydrogen-bond donors (Lipinski definition) is 1. The second-order valence-electron chi connectivity index (χ2n) is 3.91. The third kappa shape index (κ3) is 2.44. The van der Waals surface area contributed by atoms with Crippen molar-refractivity contribution in [2.24, 2.45) is 0 Å². The predicted molar refractivity (Wildman–Crippen MR) is 61.4 cm³/mol. The molecule has 0 spiro atoms. The van der Waals surface area contributed by atoms with Gasteiger partial charge in [-0.3, -0.25) is 5.10 Å². The van der Waals surface area contributed by atoms with Gasteiger partial charge in [-0.15, -0.1) is 0 Å². The van der Waals surface area contributed by atoms with Gasteiger partial charge in [-0.05, 0) is 31.3 Å². The van der Waals surface area contributed by atoms with Gasteiger partial charge in [-0.2, -0.15) is 5.10 Å². The highest BCUT2D eigenvalue weighted by molar-refractivity contribution is 5.58. The van der Waals surface area contributed by atoms with Gasteiger partial charge in [0.05, 0.1) is 5.69 Å². The second kappa shape index (κ2) is 4.28. The summed E-state index contributed by atoms with van der Waals surface area (Å²) in [4.78, 5) is 2.16. The Morgan fingerprint density at radius 2 is 1.87 bits per heavy atom. The van der Waals surface area contributed by atoms with Crippen LogP contribution in [0.2, 0.25) is 0 Å². The number of benzene rings is 1. The highest BCUT2D eigenvalue weighted by Crippen LogP contribution is 2.16. The van der Waals surface area contributed by atoms with Gasteiger partial charge in [0, 0.05) is 12.7 Å². The van der Waals surface area contributed by atoms with Crippen LogP contribution in [0.5, 0.6) is 0 Å². The SMILES string of the molecule is CN(C)Cc1ccc(-c2ccn[nH]2)cc1. The van der Waals surface area contributed by atoms with Gasteiger partial charge < -0.3 is 4.90 Å². The van der Waals surface area contributed by atoms with Crippen LogP contribution in [0.1, 0.15) is 5.56 Å². The van der Waals surface area contributed by atoms with E-state index >= 15 is 0 Å². The third-order valence-corrected chi connectivity index (χ3v) is 2.26. The molecule has 0 fully saturated rings. The van der Waals surface area contributed by atoms with E-state index in [1.165, 1.54) is 11.1 Å². The Morgan fingerprint density at radius 3 is 2.40 bits per heavy atom. The van der Waals surface area contributed by atoms with Gasteiger partial charge in [0.1, 0.15) is 0 Å². The monoisotopic (exact) mass is 201 g/mol. The lowest BCUT2D eigenvalue weighted by Gasteiger charge is -2.09. The summed E-state index contributed by atoms with van der Waals surface area (Å²) in [6.45, 7) is 0.975. The minimum absolute atomic E-state index is 0.975. The lowest BCUT2D eigenvalue weighted by Crippen LogP contribution is -2.10. The van der Waals surface area contributed by atoms with Crippen LogP contribution in [-0.2, 0) is 6.54 Å². The first kappa shape index (κ1) is 9.93. The average molecular weight is 201 g/mol. The van der Waals surface area contributed by atoms with Crippen molar-refractivity contribution in [2.45, 2.75) is 6.54 Å². The van der Waals surface area contributed by atoms with E-state index in [-0.39, 0.29) is 0 Å². The molecule has 0 aliphatic rings. The Labute approximate surface area is 89.7 Å². The van der Waals surface area contributed by atoms with E-state index in [9.17, 15) is 0 Å². The highest BCUT2D eigenvalue weighted by Gasteiger charge is 1.99. The molecule has 0 bridgehead atoms. The molecule has 2 aromatic rings. The summed E-state index contributed by atoms with van der Waals surface area (Å²) in [5, 5.41) is 6.89. The first-order valence-electron chi connectivity index (χ1n) is 4.99. The van der Waals surface area contributed by atoms with Crippen molar-refractivity contribution in [1.29, 1.82) is 0 Å². The summed E-state index contributed by atoms with van der Waals surface area (Å²) in [5.74, 6) is 0. The minimum atomic E-state index is 0.975. The predicted octanol–water partition coefficient (Wildman–Crippen LogP) is 2.14. The van der Waals surface area contributed by atoms with Crippen molar-refractivity contribution in [3.8, 4) is 11.3 Å². The van der Waals surface area contributed by atoms with Crippen molar-refractivity contribution in [2.75, 3.05) is 14.1 Å². The largest absolute Gasteiger partial charge is 0.305 e. The molecule has 1 aromatic carbocycles. The molecule has 1 heterocycles. The Bertz CT molecular complexity index is 401. The molecular formula is C12H15N3. The zero-order valence-corrected chi connectivity index (χ0v) is 9.07. The summed E-state index contributed by atoms with van der Waals surface area (Å²) in [5.41, 5.74) is 3.56. The Balaban J connectivity index is 2.17. The average Bonchev–Trinajstić information content (AvgIpc) is 2.71. The summed E-state index contributed by atoms with van der Waals surface area (Å²) in [6, 6.07) is 10.5. The van der Waals surface area contributed by atoms with Gasteiger partial charge in [0.15, 0.2) is 0 Å². The third-order valence-electron chi connectivity index (χ3n) is 2.26. The molecule has 1 N–H and O–H groups in total. The quantitative estimate of drug-likeness (QED) is 0.825. The number of hydrogen-bond acceptors (Lipinski definition) is 2. The molecular weight excluding hydrogens is 186 g/mol. The smallest absolute Gasteiger partial charge is 0.0650 e. The van der Waals surface area contributed by atoms with E-state index in [0.29, 0.717) is 0 Å². The summed E-state index contributed by atoms with van der Waals surface area (Å²) < 4.78 is 0. The van der Waals surface area contributed by atoms with Crippen LogP contribution in [0.3, 0.4) is 0 Å². The Kier molecular flexibility index (Phi) is 2.83. The van der Waals surface area contributed by atoms with Gasteiger partial charge in [-0.1, -0.05) is 24.3 Å². The van der Waals surface area contributed by atoms with Crippen LogP contribution in [0.4, 0.5) is 0 Å². The Hall–Kier alpha value is -1.61. The molecule has 0 unspecified atom stereocenters. The topological polar surface area (TPSA) is 31.9 Å². The molecule has 0 radical (unpaired) electrons. The van der Waals surface area contributed by atoms with Crippen molar-refractivity contribution >= 4 is 0 Å². The van der Waals surface area contributed by atoms with Gasteiger partial charge in [0.2, 0.25) is 0 Å². The van der Waals surface area contributed by atoms with Crippen LogP contribution < -0.4 is 0 Å². The number of nitrogens with zero attached hydrogens (tertiary/aromatic N) is 2. The Morgan fingerprint density at radius 1 is 1.13 bits per heavy atom. The maximum absolute atomic E-state index is 3.94. The molecule has 78 valence electrons. The summed E-state index contributed by atoms with van der Waals surface area (Å²) in [6.07, 6.45) is 1.77. The van der Waals surface area contributed by atoms with Crippen LogP contribution in [0.25, 0.3) is 11.3 Å². The van der Waals surface area contributed by atoms with Crippen LogP contribution in [-0.4, -0.2) is 29.2 Å². The fourth-order valence-electron chi connectivity index (χ4n) is 1.57. The van der Waals surface area contributed by atoms with Crippen molar-refractivity contribution in [3.63, 3.8) is 0 Å². The maximum Gasteiger partial charge on any atom is 0.0650 e. The van der Waals surface area contributed by atoms with Gasteiger partial charge in [-0.25, -0.2) is 0 Å². The first-order valence-corrected chi connectivity index (χ1v) is 4.99. The lowest BCUT2D eigenvalue weighted by molar-refractivity contribution is 0.402. The lowest BCUT2D eigenvalue weighted by atomic mass is 10.1. The summed E-state index contributed by atoms with van der Waals surface area (Å²) in [7, 11) is 4.14. The molecule has 0 atom stereocenters. The molecule has 0 amide bonds. The van der Waals surface area contributed by atoms with E-state index in [1.54, 1.807) is 6.20 Å². The fraction of sp³-hybridized carbons (Fsp3) is 0.250. The van der Waals surface area contributed by atoms with Crippen LogP contribution in [0.15, 0.2) is 36.5 Å². The molecule has 3 nitrogen and oxygen atoms in total. The molecule has 0 saturated heterocycles. The van der Waals surface area contributed by atoms with E-state index in [1.807, 2.05) is 6.07 Å². The zero-order chi connectivity index (χ0) is 10.7. The van der Waals surface area contributed by atoms with Gasteiger partial charge >= 0.3 is 0 Å². The van der Waals surface area contributed by atoms with E-state index in [0.717, 1.165) is 12.2 Å². The van der Waals surface area contributed by atoms with E-state index in [4.69, 9.17) is 0 Å². The van der Waals surface area contributed by atoms with E-state index < -0.39 is 0 Å². The molecule has 3 heteroatoms. The maximum atomic E-state index is 3.94. The molecule has 0 aliphatic heterocycles. The summed E-state index contributed by atoms with van der Waals surface area (Å²) >= 11 is 0. The van der Waals surface area contributed by atoms with Crippen molar-refractivity contribution in [1.82, 2.24) is 15.1 Å². The standard InChI is InChI=1S/C12H15N3/c1-15(2)9-10-3-5-11(6-4-10)12-7-8-13-14-12/h3-8H,9H2,1-2H3,(H,13,14). The fourth-order valence-corrected chi connectivity index (χ4v) is 1.57. The molecule has 1 aromatic heterocycles.